The molecule has 0 radical (unpaired) electrons. The topological polar surface area (TPSA) is 66.4 Å². The summed E-state index contributed by atoms with van der Waals surface area (Å²) in [5.41, 5.74) is 0. The highest BCUT2D eigenvalue weighted by atomic mass is 32.2. The summed E-state index contributed by atoms with van der Waals surface area (Å²) in [6.45, 7) is 0.344. The van der Waals surface area contributed by atoms with E-state index >= 15 is 0 Å². The lowest BCUT2D eigenvalue weighted by atomic mass is 10.2. The molecular weight excluding hydrogens is 178 g/mol. The third-order valence-corrected chi connectivity index (χ3v) is 2.70. The molecule has 12 heavy (non-hydrogen) atoms. The van der Waals surface area contributed by atoms with Crippen LogP contribution in [0.5, 0.6) is 0 Å². The molecule has 1 fully saturated rings. The van der Waals surface area contributed by atoms with Crippen LogP contribution in [0.3, 0.4) is 0 Å². The summed E-state index contributed by atoms with van der Waals surface area (Å²) < 4.78 is 23.6. The van der Waals surface area contributed by atoms with Crippen molar-refractivity contribution in [3.8, 4) is 0 Å². The largest absolute Gasteiger partial charge is 0.393 e. The van der Waals surface area contributed by atoms with Gasteiger partial charge in [0.1, 0.15) is 0 Å². The molecule has 72 valence electrons. The van der Waals surface area contributed by atoms with Crippen LogP contribution in [0.1, 0.15) is 19.3 Å². The molecule has 0 aromatic rings. The van der Waals surface area contributed by atoms with Gasteiger partial charge in [-0.2, -0.15) is 0 Å². The monoisotopic (exact) mass is 193 g/mol. The zero-order chi connectivity index (χ0) is 9.19. The van der Waals surface area contributed by atoms with Crippen LogP contribution in [0.25, 0.3) is 0 Å². The van der Waals surface area contributed by atoms with Crippen LogP contribution in [0.15, 0.2) is 0 Å². The number of hydrogen-bond donors (Lipinski definition) is 2. The van der Waals surface area contributed by atoms with Crippen molar-refractivity contribution in [2.45, 2.75) is 25.4 Å². The second-order valence-corrected chi connectivity index (χ2v) is 5.19. The van der Waals surface area contributed by atoms with E-state index in [0.717, 1.165) is 19.1 Å². The molecule has 1 aliphatic rings. The van der Waals surface area contributed by atoms with Gasteiger partial charge in [-0.3, -0.25) is 0 Å². The quantitative estimate of drug-likeness (QED) is 0.630. The van der Waals surface area contributed by atoms with E-state index in [-0.39, 0.29) is 6.10 Å². The van der Waals surface area contributed by atoms with Gasteiger partial charge >= 0.3 is 0 Å². The predicted molar refractivity (Wildman–Crippen MR) is 46.2 cm³/mol. The molecule has 1 rings (SSSR count). The molecule has 0 aliphatic heterocycles. The molecule has 5 heteroatoms. The lowest BCUT2D eigenvalue weighted by molar-refractivity contribution is 0.143. The summed E-state index contributed by atoms with van der Waals surface area (Å²) in [5, 5.41) is 9.35. The number of aliphatic hydroxyl groups excluding tert-OH is 1. The molecule has 1 aliphatic carbocycles. The third-order valence-electron chi connectivity index (χ3n) is 1.97. The van der Waals surface area contributed by atoms with Crippen molar-refractivity contribution in [1.29, 1.82) is 0 Å². The Bertz CT molecular complexity index is 233. The van der Waals surface area contributed by atoms with Crippen LogP contribution in [0.4, 0.5) is 0 Å². The lowest BCUT2D eigenvalue weighted by Crippen LogP contribution is -2.26. The standard InChI is InChI=1S/C7H15NO3S/c1-12(10,11)8-5-4-7(9)6-2-3-6/h6-9H,2-5H2,1H3. The molecule has 1 saturated carbocycles. The number of aliphatic hydroxyl groups is 1. The van der Waals surface area contributed by atoms with Crippen molar-refractivity contribution in [3.05, 3.63) is 0 Å². The van der Waals surface area contributed by atoms with Gasteiger partial charge in [0.2, 0.25) is 10.0 Å². The Hall–Kier alpha value is -0.130. The van der Waals surface area contributed by atoms with E-state index in [1.54, 1.807) is 0 Å². The van der Waals surface area contributed by atoms with Gasteiger partial charge < -0.3 is 5.11 Å². The van der Waals surface area contributed by atoms with E-state index in [0.29, 0.717) is 18.9 Å². The van der Waals surface area contributed by atoms with Crippen molar-refractivity contribution in [3.63, 3.8) is 0 Å². The van der Waals surface area contributed by atoms with E-state index in [1.165, 1.54) is 0 Å². The van der Waals surface area contributed by atoms with E-state index < -0.39 is 10.0 Å². The van der Waals surface area contributed by atoms with E-state index in [9.17, 15) is 13.5 Å². The summed E-state index contributed by atoms with van der Waals surface area (Å²) in [4.78, 5) is 0. The fraction of sp³-hybridized carbons (Fsp3) is 1.00. The fourth-order valence-electron chi connectivity index (χ4n) is 1.11. The first-order valence-corrected chi connectivity index (χ1v) is 6.01. The van der Waals surface area contributed by atoms with Gasteiger partial charge in [-0.1, -0.05) is 0 Å². The molecule has 4 nitrogen and oxygen atoms in total. The number of rotatable bonds is 5. The maximum Gasteiger partial charge on any atom is 0.208 e. The normalized spacial score (nSPS) is 20.8. The van der Waals surface area contributed by atoms with Crippen LogP contribution in [-0.4, -0.2) is 32.4 Å². The molecule has 1 unspecified atom stereocenters. The Morgan fingerprint density at radius 1 is 1.58 bits per heavy atom. The van der Waals surface area contributed by atoms with Gasteiger partial charge in [-0.25, -0.2) is 13.1 Å². The Morgan fingerprint density at radius 2 is 2.17 bits per heavy atom. The summed E-state index contributed by atoms with van der Waals surface area (Å²) >= 11 is 0. The van der Waals surface area contributed by atoms with Gasteiger partial charge in [-0.15, -0.1) is 0 Å². The molecule has 0 saturated heterocycles. The second-order valence-electron chi connectivity index (χ2n) is 3.36. The van der Waals surface area contributed by atoms with Crippen molar-refractivity contribution in [2.75, 3.05) is 12.8 Å². The zero-order valence-corrected chi connectivity index (χ0v) is 7.97. The first-order valence-electron chi connectivity index (χ1n) is 4.12. The number of hydrogen-bond acceptors (Lipinski definition) is 3. The average Bonchev–Trinajstić information content (AvgIpc) is 2.64. The minimum atomic E-state index is -3.09. The second kappa shape index (κ2) is 3.72. The fourth-order valence-corrected chi connectivity index (χ4v) is 1.60. The van der Waals surface area contributed by atoms with E-state index in [1.807, 2.05) is 0 Å². The van der Waals surface area contributed by atoms with Crippen molar-refractivity contribution >= 4 is 10.0 Å². The maximum absolute atomic E-state index is 10.6. The highest BCUT2D eigenvalue weighted by Gasteiger charge is 2.29. The van der Waals surface area contributed by atoms with Gasteiger partial charge in [0.05, 0.1) is 12.4 Å². The molecule has 0 aromatic heterocycles. The van der Waals surface area contributed by atoms with Crippen molar-refractivity contribution < 1.29 is 13.5 Å². The van der Waals surface area contributed by atoms with Crippen LogP contribution in [-0.2, 0) is 10.0 Å². The lowest BCUT2D eigenvalue weighted by Gasteiger charge is -2.08. The maximum atomic E-state index is 10.6. The molecule has 0 spiro atoms. The Labute approximate surface area is 73.0 Å². The van der Waals surface area contributed by atoms with Gasteiger partial charge in [-0.05, 0) is 25.2 Å². The Balaban J connectivity index is 2.09. The Kier molecular flexibility index (Phi) is 3.09. The zero-order valence-electron chi connectivity index (χ0n) is 7.16. The Morgan fingerprint density at radius 3 is 2.58 bits per heavy atom. The highest BCUT2D eigenvalue weighted by molar-refractivity contribution is 7.88. The summed E-state index contributed by atoms with van der Waals surface area (Å²) in [6.07, 6.45) is 3.49. The SMILES string of the molecule is CS(=O)(=O)NCCC(O)C1CC1. The predicted octanol–water partition coefficient (Wildman–Crippen LogP) is -0.303. The van der Waals surface area contributed by atoms with Crippen LogP contribution < -0.4 is 4.72 Å². The summed E-state index contributed by atoms with van der Waals surface area (Å²) in [7, 11) is -3.09. The van der Waals surface area contributed by atoms with Crippen molar-refractivity contribution in [1.82, 2.24) is 4.72 Å². The number of nitrogens with one attached hydrogen (secondary N) is 1. The number of sulfonamides is 1. The third kappa shape index (κ3) is 4.04. The molecular formula is C7H15NO3S. The molecule has 0 amide bonds. The van der Waals surface area contributed by atoms with E-state index in [4.69, 9.17) is 0 Å². The minimum Gasteiger partial charge on any atom is -0.393 e. The molecule has 1 atom stereocenters. The van der Waals surface area contributed by atoms with Gasteiger partial charge in [0, 0.05) is 6.54 Å². The smallest absolute Gasteiger partial charge is 0.208 e. The van der Waals surface area contributed by atoms with Gasteiger partial charge in [0.25, 0.3) is 0 Å². The van der Waals surface area contributed by atoms with Crippen LogP contribution >= 0.6 is 0 Å². The molecule has 0 bridgehead atoms. The van der Waals surface area contributed by atoms with Crippen LogP contribution in [0.2, 0.25) is 0 Å². The minimum absolute atomic E-state index is 0.320. The van der Waals surface area contributed by atoms with Crippen molar-refractivity contribution in [2.24, 2.45) is 5.92 Å². The van der Waals surface area contributed by atoms with Gasteiger partial charge in [0.15, 0.2) is 0 Å². The first kappa shape index (κ1) is 9.95. The summed E-state index contributed by atoms with van der Waals surface area (Å²) in [5.74, 6) is 0.423. The molecule has 2 N–H and O–H groups in total. The molecule has 0 heterocycles. The first-order chi connectivity index (χ1) is 5.49. The summed E-state index contributed by atoms with van der Waals surface area (Å²) in [6, 6.07) is 0. The van der Waals surface area contributed by atoms with E-state index in [2.05, 4.69) is 4.72 Å². The van der Waals surface area contributed by atoms with Crippen LogP contribution in [0, 0.1) is 5.92 Å². The average molecular weight is 193 g/mol. The highest BCUT2D eigenvalue weighted by Crippen LogP contribution is 2.33. The molecule has 0 aromatic carbocycles.